The number of fused-ring (bicyclic) bond motifs is 1. The van der Waals surface area contributed by atoms with Crippen LogP contribution in [0.15, 0.2) is 42.5 Å². The lowest BCUT2D eigenvalue weighted by molar-refractivity contribution is -0.140. The number of rotatable bonds is 9. The number of ether oxygens (including phenoxy) is 2. The van der Waals surface area contributed by atoms with Crippen LogP contribution in [0.25, 0.3) is 0 Å². The van der Waals surface area contributed by atoms with E-state index >= 15 is 0 Å². The molecule has 0 spiro atoms. The van der Waals surface area contributed by atoms with E-state index in [1.807, 2.05) is 18.2 Å². The molecule has 0 amide bonds. The minimum absolute atomic E-state index is 0.179. The first kappa shape index (κ1) is 22.8. The number of phenols is 1. The number of hydrogen-bond donors (Lipinski definition) is 1. The summed E-state index contributed by atoms with van der Waals surface area (Å²) < 4.78 is 9.52. The second-order valence-corrected chi connectivity index (χ2v) is 8.00. The number of unbranched alkanes of at least 4 members (excludes halogenated alkanes) is 1. The van der Waals surface area contributed by atoms with Crippen LogP contribution in [0.3, 0.4) is 0 Å². The highest BCUT2D eigenvalue weighted by molar-refractivity contribution is 5.89. The van der Waals surface area contributed by atoms with Crippen molar-refractivity contribution in [1.82, 2.24) is 4.90 Å². The second-order valence-electron chi connectivity index (χ2n) is 8.00. The highest BCUT2D eigenvalue weighted by Crippen LogP contribution is 2.31. The number of aryl methyl sites for hydroxylation is 1. The number of esters is 2. The zero-order chi connectivity index (χ0) is 22.2. The summed E-state index contributed by atoms with van der Waals surface area (Å²) in [6, 6.07) is 13.6. The molecule has 0 aliphatic heterocycles. The maximum atomic E-state index is 11.7. The van der Waals surface area contributed by atoms with E-state index < -0.39 is 0 Å². The van der Waals surface area contributed by atoms with Crippen LogP contribution in [0.2, 0.25) is 0 Å². The molecule has 0 aromatic heterocycles. The number of nitrogens with zero attached hydrogens (tertiary/aromatic N) is 1. The van der Waals surface area contributed by atoms with E-state index in [4.69, 9.17) is 9.47 Å². The van der Waals surface area contributed by atoms with Crippen LogP contribution < -0.4 is 0 Å². The Morgan fingerprint density at radius 1 is 1.06 bits per heavy atom. The van der Waals surface area contributed by atoms with Gasteiger partial charge in [0.2, 0.25) is 0 Å². The molecule has 6 nitrogen and oxygen atoms in total. The van der Waals surface area contributed by atoms with E-state index in [0.717, 1.165) is 56.3 Å². The van der Waals surface area contributed by atoms with Crippen LogP contribution in [0, 0.1) is 0 Å². The Hall–Kier alpha value is -2.86. The minimum Gasteiger partial charge on any atom is -0.508 e. The van der Waals surface area contributed by atoms with Crippen molar-refractivity contribution < 1.29 is 24.2 Å². The zero-order valence-electron chi connectivity index (χ0n) is 18.3. The first-order valence-corrected chi connectivity index (χ1v) is 10.8. The average molecular weight is 426 g/mol. The lowest BCUT2D eigenvalue weighted by Gasteiger charge is -2.35. The lowest BCUT2D eigenvalue weighted by atomic mass is 9.86. The largest absolute Gasteiger partial charge is 0.508 e. The Morgan fingerprint density at radius 3 is 2.55 bits per heavy atom. The Kier molecular flexibility index (Phi) is 8.06. The molecular formula is C25H31NO5. The van der Waals surface area contributed by atoms with Crippen molar-refractivity contribution in [3.05, 3.63) is 64.7 Å². The number of benzene rings is 2. The van der Waals surface area contributed by atoms with E-state index in [-0.39, 0.29) is 11.9 Å². The molecule has 1 atom stereocenters. The molecule has 1 aliphatic rings. The monoisotopic (exact) mass is 425 g/mol. The minimum atomic E-state index is -0.342. The molecule has 1 unspecified atom stereocenters. The van der Waals surface area contributed by atoms with Crippen LogP contribution in [0.5, 0.6) is 5.75 Å². The summed E-state index contributed by atoms with van der Waals surface area (Å²) in [5.41, 5.74) is 3.92. The van der Waals surface area contributed by atoms with Gasteiger partial charge in [0, 0.05) is 19.0 Å². The topological polar surface area (TPSA) is 76.1 Å². The fraction of sp³-hybridized carbons (Fsp3) is 0.440. The Morgan fingerprint density at radius 2 is 1.84 bits per heavy atom. The third-order valence-electron chi connectivity index (χ3n) is 6.02. The van der Waals surface area contributed by atoms with Crippen molar-refractivity contribution in [2.75, 3.05) is 20.8 Å². The van der Waals surface area contributed by atoms with E-state index in [0.29, 0.717) is 23.8 Å². The molecule has 0 bridgehead atoms. The molecule has 0 fully saturated rings. The number of hydrogen-bond acceptors (Lipinski definition) is 6. The Balaban J connectivity index is 1.71. The van der Waals surface area contributed by atoms with Crippen molar-refractivity contribution in [1.29, 1.82) is 0 Å². The molecule has 2 aromatic carbocycles. The summed E-state index contributed by atoms with van der Waals surface area (Å²) in [5.74, 6) is -0.151. The lowest BCUT2D eigenvalue weighted by Crippen LogP contribution is -2.39. The Labute approximate surface area is 183 Å². The van der Waals surface area contributed by atoms with Gasteiger partial charge in [0.1, 0.15) is 5.75 Å². The van der Waals surface area contributed by atoms with E-state index in [9.17, 15) is 14.7 Å². The normalized spacial score (nSPS) is 15.4. The number of methoxy groups -OCH3 is 2. The van der Waals surface area contributed by atoms with Gasteiger partial charge in [-0.15, -0.1) is 0 Å². The maximum Gasteiger partial charge on any atom is 0.337 e. The summed E-state index contributed by atoms with van der Waals surface area (Å²) in [4.78, 5) is 25.6. The third-order valence-corrected chi connectivity index (χ3v) is 6.02. The Bertz CT molecular complexity index is 893. The van der Waals surface area contributed by atoms with Crippen molar-refractivity contribution in [2.45, 2.75) is 51.1 Å². The van der Waals surface area contributed by atoms with E-state index in [1.165, 1.54) is 19.8 Å². The van der Waals surface area contributed by atoms with Gasteiger partial charge in [-0.1, -0.05) is 24.3 Å². The van der Waals surface area contributed by atoms with Crippen LogP contribution in [0.1, 0.15) is 52.7 Å². The third kappa shape index (κ3) is 6.07. The molecular weight excluding hydrogens is 394 g/mol. The second kappa shape index (κ2) is 11.0. The molecule has 0 heterocycles. The van der Waals surface area contributed by atoms with Crippen LogP contribution in [-0.2, 0) is 33.7 Å². The van der Waals surface area contributed by atoms with Gasteiger partial charge in [-0.05, 0) is 73.5 Å². The molecule has 1 N–H and O–H groups in total. The number of carbonyl (C=O) groups is 2. The predicted molar refractivity (Wildman–Crippen MR) is 118 cm³/mol. The molecule has 166 valence electrons. The van der Waals surface area contributed by atoms with Crippen molar-refractivity contribution in [2.24, 2.45) is 0 Å². The SMILES string of the molecule is COC(=O)CCCCN(Cc1ccc(C(=O)OC)cc1)C1CCc2cccc(O)c2C1. The number of phenolic OH excluding ortho intramolecular Hbond substituents is 1. The van der Waals surface area contributed by atoms with Gasteiger partial charge in [0.05, 0.1) is 19.8 Å². The molecule has 0 saturated carbocycles. The molecule has 6 heteroatoms. The number of carbonyl (C=O) groups excluding carboxylic acids is 2. The molecule has 0 saturated heterocycles. The smallest absolute Gasteiger partial charge is 0.337 e. The summed E-state index contributed by atoms with van der Waals surface area (Å²) >= 11 is 0. The van der Waals surface area contributed by atoms with Gasteiger partial charge >= 0.3 is 11.9 Å². The highest BCUT2D eigenvalue weighted by Gasteiger charge is 2.26. The van der Waals surface area contributed by atoms with Crippen molar-refractivity contribution in [3.63, 3.8) is 0 Å². The van der Waals surface area contributed by atoms with E-state index in [2.05, 4.69) is 11.0 Å². The summed E-state index contributed by atoms with van der Waals surface area (Å²) in [6.07, 6.45) is 4.85. The molecule has 0 radical (unpaired) electrons. The van der Waals surface area contributed by atoms with Crippen LogP contribution >= 0.6 is 0 Å². The highest BCUT2D eigenvalue weighted by atomic mass is 16.5. The fourth-order valence-corrected chi connectivity index (χ4v) is 4.24. The van der Waals surface area contributed by atoms with Gasteiger partial charge in [-0.25, -0.2) is 4.79 Å². The average Bonchev–Trinajstić information content (AvgIpc) is 2.80. The molecule has 3 rings (SSSR count). The van der Waals surface area contributed by atoms with Gasteiger partial charge in [-0.2, -0.15) is 0 Å². The quantitative estimate of drug-likeness (QED) is 0.485. The first-order chi connectivity index (χ1) is 15.0. The number of aromatic hydroxyl groups is 1. The maximum absolute atomic E-state index is 11.7. The van der Waals surface area contributed by atoms with Crippen molar-refractivity contribution >= 4 is 11.9 Å². The summed E-state index contributed by atoms with van der Waals surface area (Å²) in [7, 11) is 2.79. The van der Waals surface area contributed by atoms with Gasteiger partial charge in [0.15, 0.2) is 0 Å². The van der Waals surface area contributed by atoms with E-state index in [1.54, 1.807) is 18.2 Å². The summed E-state index contributed by atoms with van der Waals surface area (Å²) in [6.45, 7) is 1.59. The predicted octanol–water partition coefficient (Wildman–Crippen LogP) is 3.88. The molecule has 2 aromatic rings. The fourth-order valence-electron chi connectivity index (χ4n) is 4.24. The van der Waals surface area contributed by atoms with Gasteiger partial charge in [-0.3, -0.25) is 9.69 Å². The first-order valence-electron chi connectivity index (χ1n) is 10.8. The summed E-state index contributed by atoms with van der Waals surface area (Å²) in [5, 5.41) is 10.3. The zero-order valence-corrected chi connectivity index (χ0v) is 18.3. The standard InChI is InChI=1S/C25H31NO5/c1-30-24(28)8-3-4-15-26(17-18-9-11-20(12-10-18)25(29)31-2)21-14-13-19-6-5-7-23(27)22(19)16-21/h5-7,9-12,21,27H,3-4,8,13-17H2,1-2H3. The van der Waals surface area contributed by atoms with Crippen molar-refractivity contribution in [3.8, 4) is 5.75 Å². The van der Waals surface area contributed by atoms with Crippen LogP contribution in [0.4, 0.5) is 0 Å². The van der Waals surface area contributed by atoms with Gasteiger partial charge in [0.25, 0.3) is 0 Å². The van der Waals surface area contributed by atoms with Gasteiger partial charge < -0.3 is 14.6 Å². The molecule has 31 heavy (non-hydrogen) atoms. The molecule has 1 aliphatic carbocycles. The van der Waals surface area contributed by atoms with Crippen LogP contribution in [-0.4, -0.2) is 48.8 Å².